The summed E-state index contributed by atoms with van der Waals surface area (Å²) in [6, 6.07) is 12.7. The van der Waals surface area contributed by atoms with Gasteiger partial charge in [0, 0.05) is 16.2 Å². The number of hydrogen-bond donors (Lipinski definition) is 1. The fourth-order valence-electron chi connectivity index (χ4n) is 1.89. The summed E-state index contributed by atoms with van der Waals surface area (Å²) >= 11 is 2.22. The monoisotopic (exact) mass is 398 g/mol. The van der Waals surface area contributed by atoms with Crippen molar-refractivity contribution in [1.82, 2.24) is 0 Å². The normalized spacial score (nSPS) is 10.2. The predicted octanol–water partition coefficient (Wildman–Crippen LogP) is 4.21. The third-order valence-corrected chi connectivity index (χ3v) is 3.50. The van der Waals surface area contributed by atoms with Gasteiger partial charge in [-0.3, -0.25) is 10.1 Å². The summed E-state index contributed by atoms with van der Waals surface area (Å²) < 4.78 is 6.80. The molecule has 2 aromatic carbocycles. The highest BCUT2D eigenvalue weighted by Gasteiger charge is 2.13. The van der Waals surface area contributed by atoms with Crippen LogP contribution >= 0.6 is 22.6 Å². The first kappa shape index (κ1) is 15.6. The Hall–Kier alpha value is -1.83. The molecule has 0 unspecified atom stereocenters. The van der Waals surface area contributed by atoms with Crippen LogP contribution in [-0.4, -0.2) is 11.5 Å². The zero-order valence-corrected chi connectivity index (χ0v) is 13.7. The molecule has 110 valence electrons. The number of nitrogens with one attached hydrogen (secondary N) is 1. The molecule has 0 amide bonds. The smallest absolute Gasteiger partial charge is 0.292 e. The Morgan fingerprint density at radius 1 is 1.29 bits per heavy atom. The molecule has 2 aromatic rings. The number of benzene rings is 2. The Labute approximate surface area is 136 Å². The van der Waals surface area contributed by atoms with Gasteiger partial charge in [-0.25, -0.2) is 0 Å². The van der Waals surface area contributed by atoms with Crippen LogP contribution in [0, 0.1) is 13.7 Å². The average molecular weight is 398 g/mol. The maximum Gasteiger partial charge on any atom is 0.292 e. The highest BCUT2D eigenvalue weighted by Crippen LogP contribution is 2.26. The number of nitro benzene ring substituents is 1. The molecule has 0 spiro atoms. The molecule has 0 aliphatic rings. The van der Waals surface area contributed by atoms with Crippen LogP contribution in [0.15, 0.2) is 42.5 Å². The van der Waals surface area contributed by atoms with E-state index in [1.165, 1.54) is 6.07 Å². The van der Waals surface area contributed by atoms with Gasteiger partial charge in [0.05, 0.1) is 4.92 Å². The molecule has 21 heavy (non-hydrogen) atoms. The van der Waals surface area contributed by atoms with Crippen molar-refractivity contribution in [1.29, 1.82) is 0 Å². The lowest BCUT2D eigenvalue weighted by Gasteiger charge is -2.09. The summed E-state index contributed by atoms with van der Waals surface area (Å²) in [6.07, 6.45) is 0. The summed E-state index contributed by atoms with van der Waals surface area (Å²) in [4.78, 5) is 10.6. The van der Waals surface area contributed by atoms with Gasteiger partial charge < -0.3 is 10.1 Å². The number of nitrogens with zero attached hydrogens (tertiary/aromatic N) is 1. The third-order valence-electron chi connectivity index (χ3n) is 2.83. The lowest BCUT2D eigenvalue weighted by molar-refractivity contribution is -0.384. The standard InChI is InChI=1S/C15H15IN2O3/c1-2-17-14-8-11(6-7-15(14)18(19)20)10-21-13-5-3-4-12(16)9-13/h3-9,17H,2,10H2,1H3. The second-order valence-corrected chi connectivity index (χ2v) is 5.63. The molecular weight excluding hydrogens is 383 g/mol. The average Bonchev–Trinajstić information content (AvgIpc) is 2.45. The maximum absolute atomic E-state index is 11.0. The number of anilines is 1. The molecule has 0 atom stereocenters. The van der Waals surface area contributed by atoms with Crippen molar-refractivity contribution >= 4 is 34.0 Å². The van der Waals surface area contributed by atoms with Crippen molar-refractivity contribution in [2.24, 2.45) is 0 Å². The van der Waals surface area contributed by atoms with Crippen LogP contribution in [0.4, 0.5) is 11.4 Å². The molecule has 0 aliphatic carbocycles. The van der Waals surface area contributed by atoms with E-state index >= 15 is 0 Å². The minimum Gasteiger partial charge on any atom is -0.489 e. The molecule has 0 saturated carbocycles. The molecule has 0 heterocycles. The number of nitro groups is 1. The van der Waals surface area contributed by atoms with E-state index in [0.29, 0.717) is 18.8 Å². The van der Waals surface area contributed by atoms with E-state index in [9.17, 15) is 10.1 Å². The molecule has 0 aromatic heterocycles. The molecule has 0 saturated heterocycles. The number of ether oxygens (including phenoxy) is 1. The summed E-state index contributed by atoms with van der Waals surface area (Å²) in [5, 5.41) is 14.0. The third kappa shape index (κ3) is 4.32. The van der Waals surface area contributed by atoms with E-state index in [0.717, 1.165) is 14.9 Å². The lowest BCUT2D eigenvalue weighted by atomic mass is 10.2. The molecule has 5 nitrogen and oxygen atoms in total. The van der Waals surface area contributed by atoms with Gasteiger partial charge in [0.1, 0.15) is 18.0 Å². The van der Waals surface area contributed by atoms with Crippen LogP contribution in [0.3, 0.4) is 0 Å². The van der Waals surface area contributed by atoms with Crippen molar-refractivity contribution in [2.75, 3.05) is 11.9 Å². The molecule has 0 radical (unpaired) electrons. The molecular formula is C15H15IN2O3. The van der Waals surface area contributed by atoms with Crippen LogP contribution in [0.25, 0.3) is 0 Å². The van der Waals surface area contributed by atoms with Gasteiger partial charge in [0.25, 0.3) is 5.69 Å². The predicted molar refractivity (Wildman–Crippen MR) is 90.8 cm³/mol. The molecule has 0 fully saturated rings. The zero-order valence-electron chi connectivity index (χ0n) is 11.5. The van der Waals surface area contributed by atoms with E-state index in [1.54, 1.807) is 12.1 Å². The SMILES string of the molecule is CCNc1cc(COc2cccc(I)c2)ccc1[N+](=O)[O-]. The Morgan fingerprint density at radius 3 is 2.76 bits per heavy atom. The van der Waals surface area contributed by atoms with Gasteiger partial charge in [0.15, 0.2) is 0 Å². The molecule has 2 rings (SSSR count). The Balaban J connectivity index is 2.13. The minimum atomic E-state index is -0.387. The number of hydrogen-bond acceptors (Lipinski definition) is 4. The summed E-state index contributed by atoms with van der Waals surface area (Å²) in [6.45, 7) is 2.90. The van der Waals surface area contributed by atoms with Crippen molar-refractivity contribution in [3.05, 3.63) is 61.7 Å². The van der Waals surface area contributed by atoms with E-state index in [2.05, 4.69) is 27.9 Å². The largest absolute Gasteiger partial charge is 0.489 e. The van der Waals surface area contributed by atoms with Crippen LogP contribution in [-0.2, 0) is 6.61 Å². The lowest BCUT2D eigenvalue weighted by Crippen LogP contribution is -2.03. The van der Waals surface area contributed by atoms with E-state index in [-0.39, 0.29) is 10.6 Å². The van der Waals surface area contributed by atoms with E-state index < -0.39 is 0 Å². The first-order chi connectivity index (χ1) is 10.1. The first-order valence-corrected chi connectivity index (χ1v) is 7.57. The fourth-order valence-corrected chi connectivity index (χ4v) is 2.40. The van der Waals surface area contributed by atoms with Crippen molar-refractivity contribution in [3.63, 3.8) is 0 Å². The van der Waals surface area contributed by atoms with Gasteiger partial charge in [-0.05, 0) is 65.4 Å². The van der Waals surface area contributed by atoms with E-state index in [1.807, 2.05) is 31.2 Å². The molecule has 0 aliphatic heterocycles. The zero-order chi connectivity index (χ0) is 15.2. The van der Waals surface area contributed by atoms with Gasteiger partial charge >= 0.3 is 0 Å². The maximum atomic E-state index is 11.0. The van der Waals surface area contributed by atoms with Crippen molar-refractivity contribution in [2.45, 2.75) is 13.5 Å². The van der Waals surface area contributed by atoms with Crippen LogP contribution in [0.1, 0.15) is 12.5 Å². The first-order valence-electron chi connectivity index (χ1n) is 6.49. The highest BCUT2D eigenvalue weighted by molar-refractivity contribution is 14.1. The number of rotatable bonds is 6. The molecule has 1 N–H and O–H groups in total. The Bertz CT molecular complexity index is 647. The van der Waals surface area contributed by atoms with Crippen molar-refractivity contribution < 1.29 is 9.66 Å². The number of halogens is 1. The second-order valence-electron chi connectivity index (χ2n) is 4.38. The summed E-state index contributed by atoms with van der Waals surface area (Å²) in [5.74, 6) is 0.783. The quantitative estimate of drug-likeness (QED) is 0.450. The van der Waals surface area contributed by atoms with Gasteiger partial charge in [-0.15, -0.1) is 0 Å². The Morgan fingerprint density at radius 2 is 2.10 bits per heavy atom. The molecule has 6 heteroatoms. The summed E-state index contributed by atoms with van der Waals surface area (Å²) in [5.41, 5.74) is 1.48. The topological polar surface area (TPSA) is 64.4 Å². The second kappa shape index (κ2) is 7.26. The van der Waals surface area contributed by atoms with Crippen molar-refractivity contribution in [3.8, 4) is 5.75 Å². The van der Waals surface area contributed by atoms with Crippen LogP contribution in [0.5, 0.6) is 5.75 Å². The van der Waals surface area contributed by atoms with Crippen LogP contribution in [0.2, 0.25) is 0 Å². The molecule has 0 bridgehead atoms. The summed E-state index contributed by atoms with van der Waals surface area (Å²) in [7, 11) is 0. The van der Waals surface area contributed by atoms with E-state index in [4.69, 9.17) is 4.74 Å². The van der Waals surface area contributed by atoms with Gasteiger partial charge in [-0.1, -0.05) is 6.07 Å². The Kier molecular flexibility index (Phi) is 5.38. The van der Waals surface area contributed by atoms with Gasteiger partial charge in [0.2, 0.25) is 0 Å². The fraction of sp³-hybridized carbons (Fsp3) is 0.200. The van der Waals surface area contributed by atoms with Gasteiger partial charge in [-0.2, -0.15) is 0 Å². The van der Waals surface area contributed by atoms with Crippen LogP contribution < -0.4 is 10.1 Å². The highest BCUT2D eigenvalue weighted by atomic mass is 127. The minimum absolute atomic E-state index is 0.0786.